The second-order valence-electron chi connectivity index (χ2n) is 4.34. The lowest BCUT2D eigenvalue weighted by Crippen LogP contribution is -2.32. The summed E-state index contributed by atoms with van der Waals surface area (Å²) >= 11 is 0. The quantitative estimate of drug-likeness (QED) is 0.455. The largest absolute Gasteiger partial charge is 0.387 e. The molecule has 0 spiro atoms. The minimum Gasteiger partial charge on any atom is -0.387 e. The van der Waals surface area contributed by atoms with Gasteiger partial charge in [0.25, 0.3) is 0 Å². The highest BCUT2D eigenvalue weighted by Gasteiger charge is 2.22. The molecule has 1 fully saturated rings. The Kier molecular flexibility index (Phi) is 2.21. The molecule has 0 unspecified atom stereocenters. The van der Waals surface area contributed by atoms with E-state index in [1.165, 1.54) is 19.3 Å². The van der Waals surface area contributed by atoms with Crippen LogP contribution < -0.4 is 5.73 Å². The summed E-state index contributed by atoms with van der Waals surface area (Å²) in [6, 6.07) is 0. The maximum atomic E-state index is 5.82. The van der Waals surface area contributed by atoms with Crippen molar-refractivity contribution in [3.8, 4) is 0 Å². The molecule has 1 aliphatic rings. The summed E-state index contributed by atoms with van der Waals surface area (Å²) < 4.78 is 0. The lowest BCUT2D eigenvalue weighted by atomic mass is 9.84. The molecule has 2 nitrogen and oxygen atoms in total. The van der Waals surface area contributed by atoms with Crippen molar-refractivity contribution < 1.29 is 0 Å². The summed E-state index contributed by atoms with van der Waals surface area (Å²) in [5, 5.41) is 0. The molecule has 0 aromatic rings. The normalized spacial score (nSPS) is 21.5. The van der Waals surface area contributed by atoms with Crippen LogP contribution in [-0.4, -0.2) is 11.4 Å². The van der Waals surface area contributed by atoms with Gasteiger partial charge in [0.15, 0.2) is 0 Å². The topological polar surface area (TPSA) is 38.4 Å². The molecule has 0 bridgehead atoms. The molecule has 0 heterocycles. The Morgan fingerprint density at radius 3 is 2.18 bits per heavy atom. The molecule has 2 heteroatoms. The third-order valence-corrected chi connectivity index (χ3v) is 1.99. The van der Waals surface area contributed by atoms with Gasteiger partial charge in [0.1, 0.15) is 0 Å². The zero-order valence-corrected chi connectivity index (χ0v) is 7.72. The second kappa shape index (κ2) is 2.84. The molecule has 0 aliphatic heterocycles. The lowest BCUT2D eigenvalue weighted by molar-refractivity contribution is 0.405. The standard InChI is InChI=1S/C9H18N2/c1-9(2,3)11-8(10)7-5-4-6-7/h7H,4-6H2,1-3H3,(H2,10,11). The van der Waals surface area contributed by atoms with Crippen molar-refractivity contribution in [3.05, 3.63) is 0 Å². The SMILES string of the molecule is CC(C)(C)N=C(N)C1CCC1. The summed E-state index contributed by atoms with van der Waals surface area (Å²) in [5.74, 6) is 1.46. The van der Waals surface area contributed by atoms with Crippen molar-refractivity contribution >= 4 is 5.84 Å². The van der Waals surface area contributed by atoms with E-state index < -0.39 is 0 Å². The van der Waals surface area contributed by atoms with Crippen LogP contribution in [0.1, 0.15) is 40.0 Å². The number of aliphatic imine (C=N–C) groups is 1. The number of hydrogen-bond acceptors (Lipinski definition) is 1. The molecule has 0 aromatic heterocycles. The van der Waals surface area contributed by atoms with Gasteiger partial charge in [-0.2, -0.15) is 0 Å². The van der Waals surface area contributed by atoms with Crippen molar-refractivity contribution in [1.82, 2.24) is 0 Å². The maximum Gasteiger partial charge on any atom is 0.0974 e. The highest BCUT2D eigenvalue weighted by Crippen LogP contribution is 2.27. The molecule has 0 radical (unpaired) electrons. The lowest BCUT2D eigenvalue weighted by Gasteiger charge is -2.26. The number of hydrogen-bond donors (Lipinski definition) is 1. The molecule has 11 heavy (non-hydrogen) atoms. The fraction of sp³-hybridized carbons (Fsp3) is 0.889. The van der Waals surface area contributed by atoms with E-state index in [2.05, 4.69) is 25.8 Å². The fourth-order valence-corrected chi connectivity index (χ4v) is 1.18. The zero-order chi connectivity index (χ0) is 8.48. The Bertz CT molecular complexity index is 161. The van der Waals surface area contributed by atoms with Crippen molar-refractivity contribution in [2.24, 2.45) is 16.6 Å². The number of amidine groups is 1. The average Bonchev–Trinajstić information content (AvgIpc) is 1.50. The highest BCUT2D eigenvalue weighted by atomic mass is 14.9. The summed E-state index contributed by atoms with van der Waals surface area (Å²) in [6.07, 6.45) is 3.81. The Balaban J connectivity index is 2.50. The Morgan fingerprint density at radius 2 is 1.91 bits per heavy atom. The van der Waals surface area contributed by atoms with E-state index in [0.29, 0.717) is 5.92 Å². The van der Waals surface area contributed by atoms with Gasteiger partial charge >= 0.3 is 0 Å². The van der Waals surface area contributed by atoms with E-state index in [1.807, 2.05) is 0 Å². The van der Waals surface area contributed by atoms with E-state index in [4.69, 9.17) is 5.73 Å². The zero-order valence-electron chi connectivity index (χ0n) is 7.72. The predicted molar refractivity (Wildman–Crippen MR) is 48.7 cm³/mol. The molecule has 64 valence electrons. The van der Waals surface area contributed by atoms with E-state index >= 15 is 0 Å². The van der Waals surface area contributed by atoms with Gasteiger partial charge in [0.2, 0.25) is 0 Å². The summed E-state index contributed by atoms with van der Waals surface area (Å²) in [4.78, 5) is 4.43. The van der Waals surface area contributed by atoms with Crippen LogP contribution in [0.25, 0.3) is 0 Å². The molecular weight excluding hydrogens is 136 g/mol. The number of rotatable bonds is 1. The number of nitrogens with two attached hydrogens (primary N) is 1. The van der Waals surface area contributed by atoms with Gasteiger partial charge in [-0.15, -0.1) is 0 Å². The third kappa shape index (κ3) is 2.52. The van der Waals surface area contributed by atoms with Crippen molar-refractivity contribution in [2.75, 3.05) is 0 Å². The molecule has 2 N–H and O–H groups in total. The first kappa shape index (κ1) is 8.57. The first-order chi connectivity index (χ1) is 4.99. The van der Waals surface area contributed by atoms with Crippen LogP contribution in [-0.2, 0) is 0 Å². The van der Waals surface area contributed by atoms with Crippen LogP contribution in [0.2, 0.25) is 0 Å². The smallest absolute Gasteiger partial charge is 0.0974 e. The number of nitrogens with zero attached hydrogens (tertiary/aromatic N) is 1. The van der Waals surface area contributed by atoms with Gasteiger partial charge < -0.3 is 5.73 Å². The Morgan fingerprint density at radius 1 is 1.36 bits per heavy atom. The minimum absolute atomic E-state index is 0.000324. The molecular formula is C9H18N2. The Labute approximate surface area is 68.9 Å². The molecule has 1 rings (SSSR count). The molecule has 0 saturated heterocycles. The van der Waals surface area contributed by atoms with Gasteiger partial charge in [-0.05, 0) is 33.6 Å². The van der Waals surface area contributed by atoms with Crippen LogP contribution in [0, 0.1) is 5.92 Å². The van der Waals surface area contributed by atoms with Crippen LogP contribution in [0.5, 0.6) is 0 Å². The Hall–Kier alpha value is -0.530. The molecule has 0 aromatic carbocycles. The first-order valence-corrected chi connectivity index (χ1v) is 4.34. The first-order valence-electron chi connectivity index (χ1n) is 4.34. The van der Waals surface area contributed by atoms with Gasteiger partial charge in [0.05, 0.1) is 11.4 Å². The van der Waals surface area contributed by atoms with Gasteiger partial charge in [-0.25, -0.2) is 0 Å². The van der Waals surface area contributed by atoms with Crippen LogP contribution in [0.3, 0.4) is 0 Å². The summed E-state index contributed by atoms with van der Waals surface area (Å²) in [5.41, 5.74) is 5.81. The van der Waals surface area contributed by atoms with Crippen LogP contribution >= 0.6 is 0 Å². The summed E-state index contributed by atoms with van der Waals surface area (Å²) in [7, 11) is 0. The minimum atomic E-state index is -0.000324. The van der Waals surface area contributed by atoms with Gasteiger partial charge in [-0.3, -0.25) is 4.99 Å². The maximum absolute atomic E-state index is 5.82. The molecule has 1 aliphatic carbocycles. The van der Waals surface area contributed by atoms with E-state index in [0.717, 1.165) is 5.84 Å². The highest BCUT2D eigenvalue weighted by molar-refractivity contribution is 5.83. The fourth-order valence-electron chi connectivity index (χ4n) is 1.18. The monoisotopic (exact) mass is 154 g/mol. The van der Waals surface area contributed by atoms with E-state index in [9.17, 15) is 0 Å². The average molecular weight is 154 g/mol. The second-order valence-corrected chi connectivity index (χ2v) is 4.34. The van der Waals surface area contributed by atoms with Crippen LogP contribution in [0.4, 0.5) is 0 Å². The molecule has 1 saturated carbocycles. The third-order valence-electron chi connectivity index (χ3n) is 1.99. The summed E-state index contributed by atoms with van der Waals surface area (Å²) in [6.45, 7) is 6.25. The van der Waals surface area contributed by atoms with E-state index in [-0.39, 0.29) is 5.54 Å². The van der Waals surface area contributed by atoms with Crippen LogP contribution in [0.15, 0.2) is 4.99 Å². The van der Waals surface area contributed by atoms with Crippen molar-refractivity contribution in [2.45, 2.75) is 45.6 Å². The van der Waals surface area contributed by atoms with Gasteiger partial charge in [-0.1, -0.05) is 6.42 Å². The van der Waals surface area contributed by atoms with Crippen molar-refractivity contribution in [3.63, 3.8) is 0 Å². The molecule has 0 atom stereocenters. The predicted octanol–water partition coefficient (Wildman–Crippen LogP) is 1.94. The van der Waals surface area contributed by atoms with Gasteiger partial charge in [0, 0.05) is 5.92 Å². The van der Waals surface area contributed by atoms with E-state index in [1.54, 1.807) is 0 Å². The van der Waals surface area contributed by atoms with Crippen molar-refractivity contribution in [1.29, 1.82) is 0 Å². The molecule has 0 amide bonds.